The number of hydrogen-bond acceptors (Lipinski definition) is 6. The van der Waals surface area contributed by atoms with Crippen LogP contribution < -0.4 is 0 Å². The molecule has 1 aliphatic rings. The Morgan fingerprint density at radius 2 is 2.03 bits per heavy atom. The lowest BCUT2D eigenvalue weighted by Gasteiger charge is -2.34. The summed E-state index contributed by atoms with van der Waals surface area (Å²) < 4.78 is 29.3. The number of piperazine rings is 1. The monoisotopic (exact) mass is 467 g/mol. The van der Waals surface area contributed by atoms with Crippen LogP contribution in [0.3, 0.4) is 0 Å². The maximum Gasteiger partial charge on any atom is 0.225 e. The number of benzene rings is 1. The van der Waals surface area contributed by atoms with E-state index in [4.69, 9.17) is 11.6 Å². The van der Waals surface area contributed by atoms with Gasteiger partial charge in [0.15, 0.2) is 0 Å². The zero-order valence-electron chi connectivity index (χ0n) is 16.0. The Kier molecular flexibility index (Phi) is 6.11. The van der Waals surface area contributed by atoms with Crippen molar-refractivity contribution in [2.75, 3.05) is 26.2 Å². The quantitative estimate of drug-likeness (QED) is 0.493. The van der Waals surface area contributed by atoms with E-state index in [1.165, 1.54) is 17.4 Å². The number of rotatable bonds is 6. The molecule has 1 aliphatic heterocycles. The smallest absolute Gasteiger partial charge is 0.225 e. The van der Waals surface area contributed by atoms with Gasteiger partial charge in [0.05, 0.1) is 6.54 Å². The molecule has 0 saturated carbocycles. The number of hydrogen-bond donors (Lipinski definition) is 0. The van der Waals surface area contributed by atoms with Crippen molar-refractivity contribution in [1.82, 2.24) is 14.2 Å². The van der Waals surface area contributed by atoms with Gasteiger partial charge in [0.2, 0.25) is 10.0 Å². The highest BCUT2D eigenvalue weighted by atomic mass is 35.5. The van der Waals surface area contributed by atoms with Gasteiger partial charge in [-0.3, -0.25) is 4.90 Å². The maximum atomic E-state index is 13.3. The Bertz CT molecular complexity index is 1130. The lowest BCUT2D eigenvalue weighted by molar-refractivity contribution is 0.181. The van der Waals surface area contributed by atoms with Crippen LogP contribution in [0.5, 0.6) is 0 Å². The van der Waals surface area contributed by atoms with Crippen LogP contribution in [-0.2, 0) is 16.6 Å². The molecule has 0 aliphatic carbocycles. The second-order valence-electron chi connectivity index (χ2n) is 7.09. The topological polar surface area (TPSA) is 53.5 Å². The molecule has 1 saturated heterocycles. The van der Waals surface area contributed by atoms with Crippen LogP contribution in [0.25, 0.3) is 10.1 Å². The Balaban J connectivity index is 1.48. The van der Waals surface area contributed by atoms with Crippen LogP contribution in [-0.4, -0.2) is 48.8 Å². The maximum absolute atomic E-state index is 13.3. The number of aromatic nitrogens is 1. The van der Waals surface area contributed by atoms with Gasteiger partial charge in [-0.15, -0.1) is 29.3 Å². The highest BCUT2D eigenvalue weighted by Crippen LogP contribution is 2.37. The summed E-state index contributed by atoms with van der Waals surface area (Å²) in [7, 11) is -3.52. The zero-order chi connectivity index (χ0) is 20.6. The molecule has 0 N–H and O–H groups in total. The summed E-state index contributed by atoms with van der Waals surface area (Å²) >= 11 is 9.19. The van der Waals surface area contributed by atoms with Gasteiger partial charge in [0.1, 0.15) is 10.3 Å². The van der Waals surface area contributed by atoms with Crippen LogP contribution in [0.15, 0.2) is 42.3 Å². The number of fused-ring (bicyclic) bond motifs is 1. The number of aryl methyl sites for hydroxylation is 1. The third kappa shape index (κ3) is 4.42. The first-order valence-electron chi connectivity index (χ1n) is 9.30. The van der Waals surface area contributed by atoms with Crippen molar-refractivity contribution in [3.05, 3.63) is 62.9 Å². The second kappa shape index (κ2) is 8.45. The van der Waals surface area contributed by atoms with Gasteiger partial charge in [-0.05, 0) is 30.5 Å². The van der Waals surface area contributed by atoms with Crippen molar-refractivity contribution < 1.29 is 8.42 Å². The van der Waals surface area contributed by atoms with Crippen molar-refractivity contribution in [3.8, 4) is 0 Å². The van der Waals surface area contributed by atoms with Crippen molar-refractivity contribution in [1.29, 1.82) is 0 Å². The van der Waals surface area contributed by atoms with Gasteiger partial charge in [0.25, 0.3) is 0 Å². The minimum atomic E-state index is -3.52. The minimum absolute atomic E-state index is 0.480. The third-order valence-electron chi connectivity index (χ3n) is 5.03. The predicted octanol–water partition coefficient (Wildman–Crippen LogP) is 4.69. The fourth-order valence-electron chi connectivity index (χ4n) is 3.52. The van der Waals surface area contributed by atoms with Gasteiger partial charge in [0, 0.05) is 51.9 Å². The fraction of sp³-hybridized carbons (Fsp3) is 0.350. The standard InChI is InChI=1S/C20H22ClN3O2S3/c1-3-19(18-10-15-4-5-16(21)11-17(15)28-18)29(25,26)24-8-6-23(7-9-24)12-20-22-14(2)13-27-20/h3-5,10-11,13,19H,1,6-9,12H2,2H3. The van der Waals surface area contributed by atoms with Crippen molar-refractivity contribution >= 4 is 54.4 Å². The molecule has 9 heteroatoms. The van der Waals surface area contributed by atoms with E-state index in [0.717, 1.165) is 32.2 Å². The van der Waals surface area contributed by atoms with E-state index < -0.39 is 15.3 Å². The molecule has 1 unspecified atom stereocenters. The largest absolute Gasteiger partial charge is 0.294 e. The van der Waals surface area contributed by atoms with Crippen LogP contribution in [0.1, 0.15) is 20.8 Å². The minimum Gasteiger partial charge on any atom is -0.294 e. The average Bonchev–Trinajstić information content (AvgIpc) is 3.28. The molecule has 29 heavy (non-hydrogen) atoms. The first kappa shape index (κ1) is 21.0. The number of thiazole rings is 1. The van der Waals surface area contributed by atoms with E-state index in [2.05, 4.69) is 16.5 Å². The Morgan fingerprint density at radius 3 is 2.69 bits per heavy atom. The van der Waals surface area contributed by atoms with Crippen LogP contribution >= 0.6 is 34.3 Å². The Labute approximate surface area is 184 Å². The summed E-state index contributed by atoms with van der Waals surface area (Å²) in [5, 5.41) is 4.03. The second-order valence-corrected chi connectivity index (χ2v) is 11.6. The molecule has 3 aromatic rings. The Morgan fingerprint density at radius 1 is 1.28 bits per heavy atom. The van der Waals surface area contributed by atoms with Gasteiger partial charge in [-0.25, -0.2) is 13.4 Å². The van der Waals surface area contributed by atoms with E-state index >= 15 is 0 Å². The summed E-state index contributed by atoms with van der Waals surface area (Å²) in [4.78, 5) is 7.54. The molecule has 0 radical (unpaired) electrons. The number of sulfonamides is 1. The average molecular weight is 468 g/mol. The summed E-state index contributed by atoms with van der Waals surface area (Å²) in [6.45, 7) is 8.93. The summed E-state index contributed by atoms with van der Waals surface area (Å²) in [5.41, 5.74) is 1.03. The first-order valence-corrected chi connectivity index (χ1v) is 12.9. The molecule has 1 atom stereocenters. The Hall–Kier alpha value is -1.29. The predicted molar refractivity (Wildman–Crippen MR) is 122 cm³/mol. The molecular formula is C20H22ClN3O2S3. The zero-order valence-corrected chi connectivity index (χ0v) is 19.3. The number of thiophene rings is 1. The normalized spacial score (nSPS) is 17.6. The highest BCUT2D eigenvalue weighted by Gasteiger charge is 2.34. The molecular weight excluding hydrogens is 446 g/mol. The molecule has 0 bridgehead atoms. The van der Waals surface area contributed by atoms with E-state index in [9.17, 15) is 8.42 Å². The van der Waals surface area contributed by atoms with E-state index in [-0.39, 0.29) is 0 Å². The lowest BCUT2D eigenvalue weighted by atomic mass is 10.2. The van der Waals surface area contributed by atoms with Crippen molar-refractivity contribution in [3.63, 3.8) is 0 Å². The van der Waals surface area contributed by atoms with Gasteiger partial charge in [-0.1, -0.05) is 23.7 Å². The summed E-state index contributed by atoms with van der Waals surface area (Å²) in [6.07, 6.45) is 1.53. The molecule has 2 aromatic heterocycles. The summed E-state index contributed by atoms with van der Waals surface area (Å²) in [6, 6.07) is 7.54. The van der Waals surface area contributed by atoms with E-state index in [1.807, 2.05) is 36.6 Å². The molecule has 5 nitrogen and oxygen atoms in total. The van der Waals surface area contributed by atoms with Crippen LogP contribution in [0.4, 0.5) is 0 Å². The molecule has 0 spiro atoms. The number of halogens is 1. The fourth-order valence-corrected chi connectivity index (χ4v) is 7.76. The summed E-state index contributed by atoms with van der Waals surface area (Å²) in [5.74, 6) is 0. The molecule has 154 valence electrons. The third-order valence-corrected chi connectivity index (χ3v) is 9.72. The van der Waals surface area contributed by atoms with Crippen molar-refractivity contribution in [2.45, 2.75) is 18.7 Å². The van der Waals surface area contributed by atoms with E-state index in [1.54, 1.807) is 15.6 Å². The van der Waals surface area contributed by atoms with Crippen molar-refractivity contribution in [2.24, 2.45) is 0 Å². The molecule has 3 heterocycles. The first-order chi connectivity index (χ1) is 13.9. The SMILES string of the molecule is C=CC(c1cc2ccc(Cl)cc2s1)S(=O)(=O)N1CCN(Cc2nc(C)cs2)CC1. The molecule has 1 fully saturated rings. The highest BCUT2D eigenvalue weighted by molar-refractivity contribution is 7.89. The molecule has 1 aromatic carbocycles. The van der Waals surface area contributed by atoms with Crippen LogP contribution in [0.2, 0.25) is 5.02 Å². The van der Waals surface area contributed by atoms with Gasteiger partial charge >= 0.3 is 0 Å². The van der Waals surface area contributed by atoms with E-state index in [0.29, 0.717) is 31.2 Å². The van der Waals surface area contributed by atoms with Gasteiger partial charge < -0.3 is 0 Å². The number of nitrogens with zero attached hydrogens (tertiary/aromatic N) is 3. The molecule has 0 amide bonds. The van der Waals surface area contributed by atoms with Gasteiger partial charge in [-0.2, -0.15) is 4.31 Å². The molecule has 4 rings (SSSR count). The lowest BCUT2D eigenvalue weighted by Crippen LogP contribution is -2.49. The van der Waals surface area contributed by atoms with Crippen LogP contribution in [0, 0.1) is 6.92 Å².